The SMILES string of the molecule is CN=C(NCCc1ccncc1C)NC(C)c1ccc2c(c1)CCCC2. The predicted molar refractivity (Wildman–Crippen MR) is 109 cm³/mol. The topological polar surface area (TPSA) is 49.3 Å². The molecule has 3 rings (SSSR count). The Morgan fingerprint density at radius 3 is 2.77 bits per heavy atom. The maximum Gasteiger partial charge on any atom is 0.191 e. The quantitative estimate of drug-likeness (QED) is 0.638. The summed E-state index contributed by atoms with van der Waals surface area (Å²) < 4.78 is 0. The third-order valence-electron chi connectivity index (χ3n) is 5.27. The molecule has 0 amide bonds. The van der Waals surface area contributed by atoms with Crippen LogP contribution >= 0.6 is 0 Å². The Bertz CT molecular complexity index is 766. The molecule has 1 aliphatic carbocycles. The number of aromatic nitrogens is 1. The van der Waals surface area contributed by atoms with Gasteiger partial charge in [-0.25, -0.2) is 0 Å². The molecule has 0 saturated carbocycles. The molecule has 0 radical (unpaired) electrons. The number of fused-ring (bicyclic) bond motifs is 1. The number of guanidine groups is 1. The van der Waals surface area contributed by atoms with Crippen LogP contribution in [0.2, 0.25) is 0 Å². The van der Waals surface area contributed by atoms with Crippen LogP contribution in [0, 0.1) is 6.92 Å². The number of nitrogens with zero attached hydrogens (tertiary/aromatic N) is 2. The molecule has 26 heavy (non-hydrogen) atoms. The number of hydrogen-bond donors (Lipinski definition) is 2. The lowest BCUT2D eigenvalue weighted by Crippen LogP contribution is -2.39. The van der Waals surface area contributed by atoms with Crippen molar-refractivity contribution in [2.24, 2.45) is 4.99 Å². The second-order valence-electron chi connectivity index (χ2n) is 7.15. The highest BCUT2D eigenvalue weighted by Crippen LogP contribution is 2.24. The van der Waals surface area contributed by atoms with Gasteiger partial charge in [0.2, 0.25) is 0 Å². The van der Waals surface area contributed by atoms with Gasteiger partial charge in [0, 0.05) is 26.0 Å². The molecule has 2 N–H and O–H groups in total. The molecule has 1 atom stereocenters. The molecule has 4 heteroatoms. The fraction of sp³-hybridized carbons (Fsp3) is 0.455. The van der Waals surface area contributed by atoms with E-state index in [0.29, 0.717) is 0 Å². The second kappa shape index (κ2) is 8.84. The summed E-state index contributed by atoms with van der Waals surface area (Å²) in [7, 11) is 1.83. The van der Waals surface area contributed by atoms with Gasteiger partial charge >= 0.3 is 0 Å². The fourth-order valence-electron chi connectivity index (χ4n) is 3.60. The molecule has 1 unspecified atom stereocenters. The number of aliphatic imine (C=N–C) groups is 1. The van der Waals surface area contributed by atoms with Gasteiger partial charge in [0.1, 0.15) is 0 Å². The van der Waals surface area contributed by atoms with Gasteiger partial charge in [-0.1, -0.05) is 18.2 Å². The van der Waals surface area contributed by atoms with E-state index in [4.69, 9.17) is 0 Å². The largest absolute Gasteiger partial charge is 0.356 e. The molecular weight excluding hydrogens is 320 g/mol. The maximum absolute atomic E-state index is 4.38. The van der Waals surface area contributed by atoms with Crippen LogP contribution in [0.4, 0.5) is 0 Å². The average molecular weight is 351 g/mol. The van der Waals surface area contributed by atoms with Gasteiger partial charge < -0.3 is 10.6 Å². The minimum atomic E-state index is 0.232. The molecule has 2 aromatic rings. The van der Waals surface area contributed by atoms with Crippen molar-refractivity contribution < 1.29 is 0 Å². The van der Waals surface area contributed by atoms with Crippen LogP contribution in [0.3, 0.4) is 0 Å². The van der Waals surface area contributed by atoms with Crippen molar-refractivity contribution in [1.82, 2.24) is 15.6 Å². The predicted octanol–water partition coefficient (Wildman–Crippen LogP) is 3.74. The van der Waals surface area contributed by atoms with Crippen LogP contribution in [0.15, 0.2) is 41.7 Å². The normalized spacial score (nSPS) is 15.3. The maximum atomic E-state index is 4.38. The number of rotatable bonds is 5. The van der Waals surface area contributed by atoms with Crippen LogP contribution in [-0.4, -0.2) is 24.5 Å². The van der Waals surface area contributed by atoms with Crippen molar-refractivity contribution in [3.05, 3.63) is 64.5 Å². The Kier molecular flexibility index (Phi) is 6.26. The Morgan fingerprint density at radius 2 is 2.00 bits per heavy atom. The first-order valence-electron chi connectivity index (χ1n) is 9.65. The highest BCUT2D eigenvalue weighted by atomic mass is 15.2. The summed E-state index contributed by atoms with van der Waals surface area (Å²) in [5.74, 6) is 0.849. The second-order valence-corrected chi connectivity index (χ2v) is 7.15. The highest BCUT2D eigenvalue weighted by Gasteiger charge is 2.13. The summed E-state index contributed by atoms with van der Waals surface area (Å²) in [5, 5.41) is 6.94. The number of aryl methyl sites for hydroxylation is 3. The van der Waals surface area contributed by atoms with Gasteiger partial charge in [-0.15, -0.1) is 0 Å². The summed E-state index contributed by atoms with van der Waals surface area (Å²) in [6.45, 7) is 5.15. The molecule has 0 spiro atoms. The van der Waals surface area contributed by atoms with Crippen LogP contribution in [0.5, 0.6) is 0 Å². The average Bonchev–Trinajstić information content (AvgIpc) is 2.68. The van der Waals surface area contributed by atoms with E-state index in [9.17, 15) is 0 Å². The Labute approximate surface area is 157 Å². The zero-order valence-electron chi connectivity index (χ0n) is 16.2. The van der Waals surface area contributed by atoms with Crippen molar-refractivity contribution in [2.45, 2.75) is 52.0 Å². The van der Waals surface area contributed by atoms with Crippen LogP contribution in [0.1, 0.15) is 53.6 Å². The molecule has 138 valence electrons. The van der Waals surface area contributed by atoms with E-state index in [1.807, 2.05) is 19.4 Å². The van der Waals surface area contributed by atoms with Gasteiger partial charge in [-0.3, -0.25) is 9.98 Å². The van der Waals surface area contributed by atoms with E-state index >= 15 is 0 Å². The zero-order chi connectivity index (χ0) is 18.4. The monoisotopic (exact) mass is 350 g/mol. The molecule has 0 saturated heterocycles. The Balaban J connectivity index is 1.55. The van der Waals surface area contributed by atoms with Crippen molar-refractivity contribution in [3.8, 4) is 0 Å². The van der Waals surface area contributed by atoms with Gasteiger partial charge in [0.25, 0.3) is 0 Å². The molecule has 0 fully saturated rings. The first-order chi connectivity index (χ1) is 12.7. The van der Waals surface area contributed by atoms with Gasteiger partial charge in [0.15, 0.2) is 5.96 Å². The number of benzene rings is 1. The van der Waals surface area contributed by atoms with E-state index in [0.717, 1.165) is 18.9 Å². The Hall–Kier alpha value is -2.36. The van der Waals surface area contributed by atoms with Gasteiger partial charge in [0.05, 0.1) is 6.04 Å². The lowest BCUT2D eigenvalue weighted by Gasteiger charge is -2.21. The zero-order valence-corrected chi connectivity index (χ0v) is 16.2. The summed E-state index contributed by atoms with van der Waals surface area (Å²) in [6, 6.07) is 9.26. The summed E-state index contributed by atoms with van der Waals surface area (Å²) in [4.78, 5) is 8.53. The molecule has 1 heterocycles. The highest BCUT2D eigenvalue weighted by molar-refractivity contribution is 5.80. The van der Waals surface area contributed by atoms with Crippen LogP contribution < -0.4 is 10.6 Å². The minimum Gasteiger partial charge on any atom is -0.356 e. The van der Waals surface area contributed by atoms with Gasteiger partial charge in [-0.05, 0) is 79.8 Å². The van der Waals surface area contributed by atoms with Crippen molar-refractivity contribution in [3.63, 3.8) is 0 Å². The molecule has 1 aromatic heterocycles. The first kappa shape index (κ1) is 18.4. The van der Waals surface area contributed by atoms with Crippen LogP contribution in [-0.2, 0) is 19.3 Å². The fourth-order valence-corrected chi connectivity index (χ4v) is 3.60. The van der Waals surface area contributed by atoms with Crippen LogP contribution in [0.25, 0.3) is 0 Å². The number of pyridine rings is 1. The lowest BCUT2D eigenvalue weighted by molar-refractivity contribution is 0.665. The Morgan fingerprint density at radius 1 is 1.19 bits per heavy atom. The van der Waals surface area contributed by atoms with E-state index in [1.54, 1.807) is 0 Å². The van der Waals surface area contributed by atoms with E-state index in [2.05, 4.69) is 58.7 Å². The van der Waals surface area contributed by atoms with E-state index in [-0.39, 0.29) is 6.04 Å². The summed E-state index contributed by atoms with van der Waals surface area (Å²) >= 11 is 0. The summed E-state index contributed by atoms with van der Waals surface area (Å²) in [5.41, 5.74) is 6.95. The molecular formula is C22H30N4. The van der Waals surface area contributed by atoms with Crippen molar-refractivity contribution in [1.29, 1.82) is 0 Å². The van der Waals surface area contributed by atoms with Crippen molar-refractivity contribution >= 4 is 5.96 Å². The van der Waals surface area contributed by atoms with E-state index < -0.39 is 0 Å². The third-order valence-corrected chi connectivity index (χ3v) is 5.27. The summed E-state index contributed by atoms with van der Waals surface area (Å²) in [6.07, 6.45) is 9.82. The minimum absolute atomic E-state index is 0.232. The first-order valence-corrected chi connectivity index (χ1v) is 9.65. The molecule has 4 nitrogen and oxygen atoms in total. The molecule has 1 aromatic carbocycles. The lowest BCUT2D eigenvalue weighted by atomic mass is 9.89. The molecule has 1 aliphatic rings. The standard InChI is InChI=1S/C22H30N4/c1-16-15-24-12-10-18(16)11-13-25-22(23-3)26-17(2)20-9-8-19-6-4-5-7-21(19)14-20/h8-10,12,14-15,17H,4-7,11,13H2,1-3H3,(H2,23,25,26). The van der Waals surface area contributed by atoms with Crippen molar-refractivity contribution in [2.75, 3.05) is 13.6 Å². The molecule has 0 aliphatic heterocycles. The number of nitrogens with one attached hydrogen (secondary N) is 2. The van der Waals surface area contributed by atoms with E-state index in [1.165, 1.54) is 53.5 Å². The third kappa shape index (κ3) is 4.63. The smallest absolute Gasteiger partial charge is 0.191 e. The molecule has 0 bridgehead atoms. The van der Waals surface area contributed by atoms with Gasteiger partial charge in [-0.2, -0.15) is 0 Å². The number of hydrogen-bond acceptors (Lipinski definition) is 2.